The normalized spacial score (nSPS) is 20.9. The van der Waals surface area contributed by atoms with Crippen molar-refractivity contribution in [1.82, 2.24) is 15.2 Å². The van der Waals surface area contributed by atoms with Crippen LogP contribution < -0.4 is 5.32 Å². The smallest absolute Gasteiger partial charge is 0.255 e. The third kappa shape index (κ3) is 2.59. The third-order valence-corrected chi connectivity index (χ3v) is 3.04. The van der Waals surface area contributed by atoms with Crippen LogP contribution in [-0.4, -0.2) is 41.5 Å². The van der Waals surface area contributed by atoms with Gasteiger partial charge in [0.25, 0.3) is 5.91 Å². The molecular formula is C11H14BrN3O. The zero-order valence-corrected chi connectivity index (χ0v) is 10.7. The lowest BCUT2D eigenvalue weighted by molar-refractivity contribution is 0.0708. The number of rotatable bonds is 1. The van der Waals surface area contributed by atoms with Gasteiger partial charge in [0.15, 0.2) is 0 Å². The molecular weight excluding hydrogens is 270 g/mol. The van der Waals surface area contributed by atoms with Gasteiger partial charge in [-0.15, -0.1) is 0 Å². The molecule has 1 aliphatic rings. The SMILES string of the molecule is CC1CN(C(=O)c2cncc(Br)c2)CCN1. The van der Waals surface area contributed by atoms with Gasteiger partial charge in [0.1, 0.15) is 0 Å². The van der Waals surface area contributed by atoms with Crippen LogP contribution in [0.2, 0.25) is 0 Å². The van der Waals surface area contributed by atoms with Crippen molar-refractivity contribution in [2.45, 2.75) is 13.0 Å². The molecule has 5 heteroatoms. The standard InChI is InChI=1S/C11H14BrN3O/c1-8-7-15(3-2-14-8)11(16)9-4-10(12)6-13-5-9/h4-6,8,14H,2-3,7H2,1H3. The topological polar surface area (TPSA) is 45.2 Å². The lowest BCUT2D eigenvalue weighted by Crippen LogP contribution is -2.51. The van der Waals surface area contributed by atoms with E-state index in [0.29, 0.717) is 11.6 Å². The minimum Gasteiger partial charge on any atom is -0.336 e. The van der Waals surface area contributed by atoms with Gasteiger partial charge in [-0.1, -0.05) is 0 Å². The fourth-order valence-corrected chi connectivity index (χ4v) is 2.19. The fraction of sp³-hybridized carbons (Fsp3) is 0.455. The molecule has 1 aromatic heterocycles. The van der Waals surface area contributed by atoms with Crippen molar-refractivity contribution >= 4 is 21.8 Å². The highest BCUT2D eigenvalue weighted by Crippen LogP contribution is 2.12. The van der Waals surface area contributed by atoms with Crippen molar-refractivity contribution in [2.75, 3.05) is 19.6 Å². The van der Waals surface area contributed by atoms with E-state index in [0.717, 1.165) is 24.1 Å². The molecule has 0 aromatic carbocycles. The van der Waals surface area contributed by atoms with Gasteiger partial charge in [-0.25, -0.2) is 0 Å². The predicted molar refractivity (Wildman–Crippen MR) is 65.3 cm³/mol. The molecule has 1 amide bonds. The first kappa shape index (κ1) is 11.5. The average molecular weight is 284 g/mol. The highest BCUT2D eigenvalue weighted by molar-refractivity contribution is 9.10. The zero-order chi connectivity index (χ0) is 11.5. The molecule has 2 rings (SSSR count). The van der Waals surface area contributed by atoms with E-state index < -0.39 is 0 Å². The van der Waals surface area contributed by atoms with Crippen molar-refractivity contribution in [3.8, 4) is 0 Å². The summed E-state index contributed by atoms with van der Waals surface area (Å²) in [6, 6.07) is 2.17. The molecule has 1 aromatic rings. The quantitative estimate of drug-likeness (QED) is 0.845. The molecule has 1 saturated heterocycles. The molecule has 1 N–H and O–H groups in total. The Bertz CT molecular complexity index is 397. The monoisotopic (exact) mass is 283 g/mol. The highest BCUT2D eigenvalue weighted by Gasteiger charge is 2.21. The van der Waals surface area contributed by atoms with Gasteiger partial charge in [-0.2, -0.15) is 0 Å². The number of carbonyl (C=O) groups is 1. The van der Waals surface area contributed by atoms with Crippen molar-refractivity contribution in [3.63, 3.8) is 0 Å². The number of nitrogens with one attached hydrogen (secondary N) is 1. The number of halogens is 1. The van der Waals surface area contributed by atoms with Gasteiger partial charge in [-0.05, 0) is 28.9 Å². The maximum atomic E-state index is 12.1. The molecule has 0 aliphatic carbocycles. The Morgan fingerprint density at radius 1 is 1.62 bits per heavy atom. The lowest BCUT2D eigenvalue weighted by Gasteiger charge is -2.31. The maximum absolute atomic E-state index is 12.1. The number of pyridine rings is 1. The summed E-state index contributed by atoms with van der Waals surface area (Å²) in [7, 11) is 0. The van der Waals surface area contributed by atoms with Gasteiger partial charge >= 0.3 is 0 Å². The molecule has 0 spiro atoms. The second-order valence-electron chi connectivity index (χ2n) is 4.00. The number of amides is 1. The summed E-state index contributed by atoms with van der Waals surface area (Å²) in [5, 5.41) is 3.31. The molecule has 2 heterocycles. The van der Waals surface area contributed by atoms with Gasteiger partial charge in [0.05, 0.1) is 5.56 Å². The van der Waals surface area contributed by atoms with Gasteiger partial charge in [0.2, 0.25) is 0 Å². The lowest BCUT2D eigenvalue weighted by atomic mass is 10.2. The Labute approximate surface area is 103 Å². The molecule has 1 atom stereocenters. The molecule has 0 bridgehead atoms. The molecule has 16 heavy (non-hydrogen) atoms. The van der Waals surface area contributed by atoms with Crippen LogP contribution in [0.3, 0.4) is 0 Å². The van der Waals surface area contributed by atoms with E-state index in [1.54, 1.807) is 12.4 Å². The van der Waals surface area contributed by atoms with Gasteiger partial charge in [-0.3, -0.25) is 9.78 Å². The Morgan fingerprint density at radius 3 is 3.12 bits per heavy atom. The van der Waals surface area contributed by atoms with E-state index in [1.807, 2.05) is 11.0 Å². The summed E-state index contributed by atoms with van der Waals surface area (Å²) in [6.07, 6.45) is 3.29. The summed E-state index contributed by atoms with van der Waals surface area (Å²) in [4.78, 5) is 18.0. The van der Waals surface area contributed by atoms with E-state index in [1.165, 1.54) is 0 Å². The van der Waals surface area contributed by atoms with Crippen LogP contribution in [-0.2, 0) is 0 Å². The van der Waals surface area contributed by atoms with Gasteiger partial charge in [0, 0.05) is 42.5 Å². The number of hydrogen-bond acceptors (Lipinski definition) is 3. The van der Waals surface area contributed by atoms with Crippen molar-refractivity contribution in [3.05, 3.63) is 28.5 Å². The highest BCUT2D eigenvalue weighted by atomic mass is 79.9. The first-order valence-electron chi connectivity index (χ1n) is 5.30. The summed E-state index contributed by atoms with van der Waals surface area (Å²) in [5.41, 5.74) is 0.642. The molecule has 4 nitrogen and oxygen atoms in total. The Balaban J connectivity index is 2.12. The van der Waals surface area contributed by atoms with Crippen molar-refractivity contribution in [1.29, 1.82) is 0 Å². The summed E-state index contributed by atoms with van der Waals surface area (Å²) >= 11 is 3.32. The minimum atomic E-state index is 0.0575. The molecule has 1 aliphatic heterocycles. The molecule has 1 fully saturated rings. The second-order valence-corrected chi connectivity index (χ2v) is 4.91. The van der Waals surface area contributed by atoms with E-state index in [-0.39, 0.29) is 5.91 Å². The first-order chi connectivity index (χ1) is 7.66. The summed E-state index contributed by atoms with van der Waals surface area (Å²) in [6.45, 7) is 4.45. The maximum Gasteiger partial charge on any atom is 0.255 e. The largest absolute Gasteiger partial charge is 0.336 e. The first-order valence-corrected chi connectivity index (χ1v) is 6.09. The predicted octanol–water partition coefficient (Wildman–Crippen LogP) is 1.28. The molecule has 86 valence electrons. The zero-order valence-electron chi connectivity index (χ0n) is 9.11. The van der Waals surface area contributed by atoms with Crippen LogP contribution in [0, 0.1) is 0 Å². The number of hydrogen-bond donors (Lipinski definition) is 1. The van der Waals surface area contributed by atoms with Crippen LogP contribution in [0.5, 0.6) is 0 Å². The second kappa shape index (κ2) is 4.93. The summed E-state index contributed by atoms with van der Waals surface area (Å²) < 4.78 is 0.835. The Morgan fingerprint density at radius 2 is 2.44 bits per heavy atom. The number of piperazine rings is 1. The van der Waals surface area contributed by atoms with Crippen molar-refractivity contribution in [2.24, 2.45) is 0 Å². The Hall–Kier alpha value is -0.940. The number of nitrogens with zero attached hydrogens (tertiary/aromatic N) is 2. The van der Waals surface area contributed by atoms with Crippen LogP contribution >= 0.6 is 15.9 Å². The third-order valence-electron chi connectivity index (χ3n) is 2.61. The molecule has 0 radical (unpaired) electrons. The van der Waals surface area contributed by atoms with Crippen LogP contribution in [0.4, 0.5) is 0 Å². The molecule has 1 unspecified atom stereocenters. The minimum absolute atomic E-state index is 0.0575. The fourth-order valence-electron chi connectivity index (χ4n) is 1.83. The Kier molecular flexibility index (Phi) is 3.56. The number of carbonyl (C=O) groups excluding carboxylic acids is 1. The average Bonchev–Trinajstić information content (AvgIpc) is 2.28. The van der Waals surface area contributed by atoms with E-state index in [4.69, 9.17) is 0 Å². The van der Waals surface area contributed by atoms with E-state index >= 15 is 0 Å². The van der Waals surface area contributed by atoms with E-state index in [2.05, 4.69) is 33.2 Å². The van der Waals surface area contributed by atoms with Gasteiger partial charge < -0.3 is 10.2 Å². The number of aromatic nitrogens is 1. The molecule has 0 saturated carbocycles. The summed E-state index contributed by atoms with van der Waals surface area (Å²) in [5.74, 6) is 0.0575. The van der Waals surface area contributed by atoms with Crippen LogP contribution in [0.15, 0.2) is 22.9 Å². The van der Waals surface area contributed by atoms with Crippen LogP contribution in [0.1, 0.15) is 17.3 Å². The van der Waals surface area contributed by atoms with Crippen molar-refractivity contribution < 1.29 is 4.79 Å². The van der Waals surface area contributed by atoms with Crippen LogP contribution in [0.25, 0.3) is 0 Å². The van der Waals surface area contributed by atoms with E-state index in [9.17, 15) is 4.79 Å².